The summed E-state index contributed by atoms with van der Waals surface area (Å²) in [5, 5.41) is 2.81. The Balaban J connectivity index is 3.68. The van der Waals surface area contributed by atoms with E-state index in [2.05, 4.69) is 31.0 Å². The third-order valence-electron chi connectivity index (χ3n) is 2.08. The van der Waals surface area contributed by atoms with Gasteiger partial charge in [0.15, 0.2) is 0 Å². The van der Waals surface area contributed by atoms with Gasteiger partial charge in [-0.25, -0.2) is 0 Å². The summed E-state index contributed by atoms with van der Waals surface area (Å²) in [6, 6.07) is 0.434. The fraction of sp³-hybridized carbons (Fsp3) is 0.889. The molecule has 0 aromatic carbocycles. The summed E-state index contributed by atoms with van der Waals surface area (Å²) in [4.78, 5) is 12.9. The lowest BCUT2D eigenvalue weighted by molar-refractivity contribution is -0.119. The summed E-state index contributed by atoms with van der Waals surface area (Å²) in [6.07, 6.45) is 0. The first kappa shape index (κ1) is 11.4. The highest BCUT2D eigenvalue weighted by Crippen LogP contribution is 1.95. The summed E-state index contributed by atoms with van der Waals surface area (Å²) in [5.74, 6) is 0.0500. The molecule has 1 amide bonds. The molecule has 0 aromatic heterocycles. The minimum Gasteiger partial charge on any atom is -0.355 e. The van der Waals surface area contributed by atoms with E-state index in [-0.39, 0.29) is 5.91 Å². The van der Waals surface area contributed by atoms with E-state index in [1.54, 1.807) is 6.92 Å². The molecule has 1 atom stereocenters. The fourth-order valence-electron chi connectivity index (χ4n) is 1.27. The molecule has 0 bridgehead atoms. The van der Waals surface area contributed by atoms with Gasteiger partial charge in [-0.15, -0.1) is 0 Å². The van der Waals surface area contributed by atoms with Gasteiger partial charge in [0.05, 0.1) is 0 Å². The predicted octanol–water partition coefficient (Wildman–Crippen LogP) is 0.853. The lowest BCUT2D eigenvalue weighted by Gasteiger charge is -2.26. The second-order valence-corrected chi connectivity index (χ2v) is 3.01. The Bertz CT molecular complexity index is 132. The van der Waals surface area contributed by atoms with E-state index >= 15 is 0 Å². The lowest BCUT2D eigenvalue weighted by atomic mass is 10.3. The standard InChI is InChI=1S/C9H20N2O/c1-5-11(6-2)8(3)7-10-9(4)12/h8H,5-7H2,1-4H3,(H,10,12). The van der Waals surface area contributed by atoms with E-state index in [1.165, 1.54) is 0 Å². The maximum absolute atomic E-state index is 10.6. The molecular formula is C9H20N2O. The van der Waals surface area contributed by atoms with Gasteiger partial charge in [0, 0.05) is 19.5 Å². The molecule has 3 nitrogen and oxygen atoms in total. The predicted molar refractivity (Wildman–Crippen MR) is 51.1 cm³/mol. The molecule has 3 heteroatoms. The largest absolute Gasteiger partial charge is 0.355 e. The van der Waals surface area contributed by atoms with Crippen molar-refractivity contribution >= 4 is 5.91 Å². The monoisotopic (exact) mass is 172 g/mol. The van der Waals surface area contributed by atoms with Crippen molar-refractivity contribution in [2.75, 3.05) is 19.6 Å². The first-order valence-corrected chi connectivity index (χ1v) is 4.60. The fourth-order valence-corrected chi connectivity index (χ4v) is 1.27. The van der Waals surface area contributed by atoms with Crippen molar-refractivity contribution in [1.29, 1.82) is 0 Å². The van der Waals surface area contributed by atoms with Gasteiger partial charge in [0.25, 0.3) is 0 Å². The second kappa shape index (κ2) is 6.00. The molecule has 0 saturated heterocycles. The number of carbonyl (C=O) groups excluding carboxylic acids is 1. The van der Waals surface area contributed by atoms with Crippen LogP contribution in [0.15, 0.2) is 0 Å². The van der Waals surface area contributed by atoms with Crippen LogP contribution in [-0.2, 0) is 4.79 Å². The van der Waals surface area contributed by atoms with Gasteiger partial charge >= 0.3 is 0 Å². The molecule has 0 spiro atoms. The number of nitrogens with zero attached hydrogens (tertiary/aromatic N) is 1. The van der Waals surface area contributed by atoms with Gasteiger partial charge in [0.2, 0.25) is 5.91 Å². The molecule has 1 N–H and O–H groups in total. The summed E-state index contributed by atoms with van der Waals surface area (Å²) in [7, 11) is 0. The number of nitrogens with one attached hydrogen (secondary N) is 1. The van der Waals surface area contributed by atoms with Crippen molar-refractivity contribution in [1.82, 2.24) is 10.2 Å². The van der Waals surface area contributed by atoms with Crippen molar-refractivity contribution < 1.29 is 4.79 Å². The summed E-state index contributed by atoms with van der Waals surface area (Å²) in [5.41, 5.74) is 0. The van der Waals surface area contributed by atoms with Crippen LogP contribution < -0.4 is 5.32 Å². The smallest absolute Gasteiger partial charge is 0.216 e. The number of hydrogen-bond acceptors (Lipinski definition) is 2. The van der Waals surface area contributed by atoms with Crippen LogP contribution in [0.2, 0.25) is 0 Å². The maximum atomic E-state index is 10.6. The van der Waals surface area contributed by atoms with Crippen molar-refractivity contribution in [2.24, 2.45) is 0 Å². The van der Waals surface area contributed by atoms with Gasteiger partial charge in [-0.2, -0.15) is 0 Å². The van der Waals surface area contributed by atoms with E-state index < -0.39 is 0 Å². The number of amides is 1. The Morgan fingerprint density at radius 3 is 2.25 bits per heavy atom. The van der Waals surface area contributed by atoms with E-state index in [4.69, 9.17) is 0 Å². The number of carbonyl (C=O) groups is 1. The number of likely N-dealkylation sites (N-methyl/N-ethyl adjacent to an activating group) is 1. The molecule has 0 radical (unpaired) electrons. The van der Waals surface area contributed by atoms with E-state index in [9.17, 15) is 4.79 Å². The molecule has 0 saturated carbocycles. The topological polar surface area (TPSA) is 32.3 Å². The molecule has 0 rings (SSSR count). The Morgan fingerprint density at radius 1 is 1.42 bits per heavy atom. The molecule has 0 aliphatic rings. The Labute approximate surface area is 75.1 Å². The molecular weight excluding hydrogens is 152 g/mol. The average molecular weight is 172 g/mol. The van der Waals surface area contributed by atoms with E-state index in [0.717, 1.165) is 19.6 Å². The van der Waals surface area contributed by atoms with Crippen molar-refractivity contribution in [3.63, 3.8) is 0 Å². The van der Waals surface area contributed by atoms with Crippen LogP contribution in [0, 0.1) is 0 Å². The highest BCUT2D eigenvalue weighted by Gasteiger charge is 2.09. The van der Waals surface area contributed by atoms with Crippen molar-refractivity contribution in [3.05, 3.63) is 0 Å². The molecule has 0 heterocycles. The average Bonchev–Trinajstić information content (AvgIpc) is 2.03. The summed E-state index contributed by atoms with van der Waals surface area (Å²) >= 11 is 0. The maximum Gasteiger partial charge on any atom is 0.216 e. The third-order valence-corrected chi connectivity index (χ3v) is 2.08. The van der Waals surface area contributed by atoms with Crippen LogP contribution in [0.5, 0.6) is 0 Å². The molecule has 0 fully saturated rings. The normalized spacial score (nSPS) is 13.1. The van der Waals surface area contributed by atoms with Crippen molar-refractivity contribution in [2.45, 2.75) is 33.7 Å². The van der Waals surface area contributed by atoms with E-state index in [0.29, 0.717) is 6.04 Å². The first-order chi connectivity index (χ1) is 5.61. The van der Waals surface area contributed by atoms with Crippen LogP contribution in [0.3, 0.4) is 0 Å². The van der Waals surface area contributed by atoms with Gasteiger partial charge in [-0.3, -0.25) is 9.69 Å². The number of hydrogen-bond donors (Lipinski definition) is 1. The quantitative estimate of drug-likeness (QED) is 0.667. The second-order valence-electron chi connectivity index (χ2n) is 3.01. The minimum absolute atomic E-state index is 0.0500. The number of rotatable bonds is 5. The molecule has 12 heavy (non-hydrogen) atoms. The highest BCUT2D eigenvalue weighted by atomic mass is 16.1. The van der Waals surface area contributed by atoms with E-state index in [1.807, 2.05) is 0 Å². The van der Waals surface area contributed by atoms with Crippen LogP contribution >= 0.6 is 0 Å². The molecule has 0 aromatic rings. The van der Waals surface area contributed by atoms with Crippen LogP contribution in [0.4, 0.5) is 0 Å². The highest BCUT2D eigenvalue weighted by molar-refractivity contribution is 5.72. The molecule has 0 aliphatic carbocycles. The summed E-state index contributed by atoms with van der Waals surface area (Å²) < 4.78 is 0. The first-order valence-electron chi connectivity index (χ1n) is 4.60. The molecule has 72 valence electrons. The SMILES string of the molecule is CCN(CC)C(C)CNC(C)=O. The van der Waals surface area contributed by atoms with Crippen LogP contribution in [0.1, 0.15) is 27.7 Å². The van der Waals surface area contributed by atoms with Gasteiger partial charge < -0.3 is 5.32 Å². The van der Waals surface area contributed by atoms with Crippen LogP contribution in [0.25, 0.3) is 0 Å². The van der Waals surface area contributed by atoms with Crippen molar-refractivity contribution in [3.8, 4) is 0 Å². The molecule has 0 aliphatic heterocycles. The van der Waals surface area contributed by atoms with Gasteiger partial charge in [0.1, 0.15) is 0 Å². The zero-order valence-electron chi connectivity index (χ0n) is 8.55. The summed E-state index contributed by atoms with van der Waals surface area (Å²) in [6.45, 7) is 10.8. The van der Waals surface area contributed by atoms with Crippen LogP contribution in [-0.4, -0.2) is 36.5 Å². The Kier molecular flexibility index (Phi) is 5.72. The van der Waals surface area contributed by atoms with Gasteiger partial charge in [-0.1, -0.05) is 13.8 Å². The van der Waals surface area contributed by atoms with Gasteiger partial charge in [-0.05, 0) is 20.0 Å². The minimum atomic E-state index is 0.0500. The molecule has 1 unspecified atom stereocenters. The lowest BCUT2D eigenvalue weighted by Crippen LogP contribution is -2.41. The Hall–Kier alpha value is -0.570. The zero-order valence-corrected chi connectivity index (χ0v) is 8.55. The zero-order chi connectivity index (χ0) is 9.56. The Morgan fingerprint density at radius 2 is 1.92 bits per heavy atom. The third kappa shape index (κ3) is 4.34.